The Morgan fingerprint density at radius 1 is 0.941 bits per heavy atom. The van der Waals surface area contributed by atoms with Crippen molar-refractivity contribution in [2.45, 2.75) is 77.7 Å². The molecule has 0 unspecified atom stereocenters. The number of H-pyrrole nitrogens is 1. The molecule has 10 nitrogen and oxygen atoms in total. The Balaban J connectivity index is 2.29. The lowest BCUT2D eigenvalue weighted by Crippen LogP contribution is -2.54. The molecule has 2 aromatic rings. The monoisotopic (exact) mass is 475 g/mol. The molecule has 1 heterocycles. The predicted molar refractivity (Wildman–Crippen MR) is 125 cm³/mol. The summed E-state index contributed by atoms with van der Waals surface area (Å²) < 4.78 is 10.5. The van der Waals surface area contributed by atoms with Gasteiger partial charge in [0, 0.05) is 23.5 Å². The maximum Gasteiger partial charge on any atom is 0.408 e. The van der Waals surface area contributed by atoms with Gasteiger partial charge in [0.05, 0.1) is 6.42 Å². The molecule has 2 atom stereocenters. The molecule has 2 amide bonds. The molecule has 0 fully saturated rings. The number of hydrogen-bond acceptors (Lipinski definition) is 6. The number of aromatic amines is 1. The molecular weight excluding hydrogens is 442 g/mol. The fraction of sp³-hybridized carbons (Fsp3) is 0.500. The summed E-state index contributed by atoms with van der Waals surface area (Å²) in [5, 5.41) is 15.1. The summed E-state index contributed by atoms with van der Waals surface area (Å²) in [5.74, 6) is -2.91. The molecule has 0 aliphatic carbocycles. The number of carboxylic acid groups (broad SMARTS) is 1. The summed E-state index contributed by atoms with van der Waals surface area (Å²) in [4.78, 5) is 52.6. The molecule has 0 aliphatic rings. The van der Waals surface area contributed by atoms with E-state index >= 15 is 0 Å². The number of esters is 1. The highest BCUT2D eigenvalue weighted by molar-refractivity contribution is 5.92. The number of amides is 2. The van der Waals surface area contributed by atoms with Crippen LogP contribution in [0, 0.1) is 0 Å². The first-order valence-corrected chi connectivity index (χ1v) is 10.9. The lowest BCUT2D eigenvalue weighted by atomic mass is 10.0. The number of rotatable bonds is 8. The summed E-state index contributed by atoms with van der Waals surface area (Å²) >= 11 is 0. The van der Waals surface area contributed by atoms with Crippen molar-refractivity contribution in [3.63, 3.8) is 0 Å². The number of nitrogens with one attached hydrogen (secondary N) is 3. The number of aromatic nitrogens is 1. The van der Waals surface area contributed by atoms with Gasteiger partial charge in [-0.3, -0.25) is 9.59 Å². The zero-order chi connectivity index (χ0) is 25.7. The molecule has 1 aromatic heterocycles. The van der Waals surface area contributed by atoms with E-state index in [0.29, 0.717) is 0 Å². The van der Waals surface area contributed by atoms with E-state index in [4.69, 9.17) is 9.47 Å². The molecule has 4 N–H and O–H groups in total. The van der Waals surface area contributed by atoms with Gasteiger partial charge >= 0.3 is 18.0 Å². The molecule has 0 radical (unpaired) electrons. The fourth-order valence-electron chi connectivity index (χ4n) is 3.19. The molecule has 34 heavy (non-hydrogen) atoms. The summed E-state index contributed by atoms with van der Waals surface area (Å²) in [6, 6.07) is 4.88. The Bertz CT molecular complexity index is 1050. The Kier molecular flexibility index (Phi) is 8.31. The molecule has 2 rings (SSSR count). The van der Waals surface area contributed by atoms with Crippen molar-refractivity contribution in [1.82, 2.24) is 15.6 Å². The first kappa shape index (κ1) is 26.7. The highest BCUT2D eigenvalue weighted by atomic mass is 16.6. The van der Waals surface area contributed by atoms with Crippen LogP contribution in [-0.4, -0.2) is 57.3 Å². The van der Waals surface area contributed by atoms with Crippen LogP contribution in [0.5, 0.6) is 0 Å². The Morgan fingerprint density at radius 3 is 2.15 bits per heavy atom. The normalized spacial score (nSPS) is 13.6. The SMILES string of the molecule is CC(C)(C)OC(=O)N[C@@H](Cc1c[nH]c2ccccc12)C(=O)N[C@H](CC(=O)O)C(=O)OC(C)(C)C. The van der Waals surface area contributed by atoms with Crippen molar-refractivity contribution in [2.24, 2.45) is 0 Å². The largest absolute Gasteiger partial charge is 0.481 e. The zero-order valence-corrected chi connectivity index (χ0v) is 20.4. The van der Waals surface area contributed by atoms with Crippen LogP contribution in [0.25, 0.3) is 10.9 Å². The topological polar surface area (TPSA) is 147 Å². The summed E-state index contributed by atoms with van der Waals surface area (Å²) in [6.45, 7) is 9.96. The molecule has 186 valence electrons. The van der Waals surface area contributed by atoms with Crippen molar-refractivity contribution in [3.8, 4) is 0 Å². The van der Waals surface area contributed by atoms with Crippen molar-refractivity contribution in [1.29, 1.82) is 0 Å². The van der Waals surface area contributed by atoms with Gasteiger partial charge in [-0.1, -0.05) is 18.2 Å². The van der Waals surface area contributed by atoms with Crippen molar-refractivity contribution < 1.29 is 33.8 Å². The van der Waals surface area contributed by atoms with E-state index in [1.54, 1.807) is 47.7 Å². The molecule has 0 aliphatic heterocycles. The second-order valence-corrected chi connectivity index (χ2v) is 9.95. The minimum Gasteiger partial charge on any atom is -0.481 e. The third kappa shape index (κ3) is 8.42. The second kappa shape index (κ2) is 10.6. The van der Waals surface area contributed by atoms with Gasteiger partial charge in [-0.25, -0.2) is 9.59 Å². The van der Waals surface area contributed by atoms with Crippen LogP contribution in [0.4, 0.5) is 4.79 Å². The fourth-order valence-corrected chi connectivity index (χ4v) is 3.19. The molecule has 10 heteroatoms. The Labute approximate surface area is 198 Å². The van der Waals surface area contributed by atoms with E-state index < -0.39 is 53.6 Å². The minimum atomic E-state index is -1.44. The number of ether oxygens (including phenoxy) is 2. The van der Waals surface area contributed by atoms with Gasteiger partial charge in [-0.05, 0) is 53.2 Å². The van der Waals surface area contributed by atoms with Crippen molar-refractivity contribution in [2.75, 3.05) is 0 Å². The van der Waals surface area contributed by atoms with Gasteiger partial charge in [-0.15, -0.1) is 0 Å². The first-order valence-electron chi connectivity index (χ1n) is 10.9. The van der Waals surface area contributed by atoms with E-state index in [1.807, 2.05) is 24.3 Å². The van der Waals surface area contributed by atoms with Crippen molar-refractivity contribution >= 4 is 34.8 Å². The van der Waals surface area contributed by atoms with E-state index in [9.17, 15) is 24.3 Å². The highest BCUT2D eigenvalue weighted by Gasteiger charge is 2.32. The van der Waals surface area contributed by atoms with Gasteiger partial charge in [0.15, 0.2) is 0 Å². The summed E-state index contributed by atoms with van der Waals surface area (Å²) in [6.07, 6.45) is 0.306. The lowest BCUT2D eigenvalue weighted by Gasteiger charge is -2.26. The van der Waals surface area contributed by atoms with Crippen LogP contribution in [0.1, 0.15) is 53.5 Å². The average molecular weight is 476 g/mol. The summed E-state index contributed by atoms with van der Waals surface area (Å²) in [7, 11) is 0. The number of aliphatic carboxylic acids is 1. The number of benzene rings is 1. The van der Waals surface area contributed by atoms with Gasteiger partial charge in [0.1, 0.15) is 23.3 Å². The minimum absolute atomic E-state index is 0.0726. The Morgan fingerprint density at radius 2 is 1.56 bits per heavy atom. The predicted octanol–water partition coefficient (Wildman–Crippen LogP) is 2.90. The third-order valence-electron chi connectivity index (χ3n) is 4.49. The number of alkyl carbamates (subject to hydrolysis) is 1. The molecule has 0 saturated carbocycles. The van der Waals surface area contributed by atoms with E-state index in [0.717, 1.165) is 16.5 Å². The van der Waals surface area contributed by atoms with Crippen LogP contribution >= 0.6 is 0 Å². The Hall–Kier alpha value is -3.56. The summed E-state index contributed by atoms with van der Waals surface area (Å²) in [5.41, 5.74) is -0.0735. The third-order valence-corrected chi connectivity index (χ3v) is 4.49. The van der Waals surface area contributed by atoms with Crippen molar-refractivity contribution in [3.05, 3.63) is 36.0 Å². The molecule has 0 spiro atoms. The van der Waals surface area contributed by atoms with E-state index in [-0.39, 0.29) is 6.42 Å². The van der Waals surface area contributed by atoms with Gasteiger partial charge in [-0.2, -0.15) is 0 Å². The average Bonchev–Trinajstić information content (AvgIpc) is 3.06. The number of fused-ring (bicyclic) bond motifs is 1. The molecule has 0 bridgehead atoms. The van der Waals surface area contributed by atoms with Gasteiger partial charge < -0.3 is 30.2 Å². The second-order valence-electron chi connectivity index (χ2n) is 9.95. The standard InChI is InChI=1S/C24H33N3O7/c1-23(2,3)33-21(31)18(12-19(28)29)26-20(30)17(27-22(32)34-24(4,5)6)11-14-13-25-16-10-8-7-9-15(14)16/h7-10,13,17-18,25H,11-12H2,1-6H3,(H,26,30)(H,27,32)(H,28,29)/t17-,18+/m0/s1. The lowest BCUT2D eigenvalue weighted by molar-refractivity contribution is -0.161. The smallest absolute Gasteiger partial charge is 0.408 e. The highest BCUT2D eigenvalue weighted by Crippen LogP contribution is 2.20. The van der Waals surface area contributed by atoms with Crippen LogP contribution in [0.15, 0.2) is 30.5 Å². The number of para-hydroxylation sites is 1. The number of carbonyl (C=O) groups excluding carboxylic acids is 3. The van der Waals surface area contributed by atoms with E-state index in [2.05, 4.69) is 15.6 Å². The molecule has 1 aromatic carbocycles. The van der Waals surface area contributed by atoms with E-state index in [1.165, 1.54) is 0 Å². The molecular formula is C24H33N3O7. The first-order chi connectivity index (χ1) is 15.6. The molecule has 0 saturated heterocycles. The number of carbonyl (C=O) groups is 4. The van der Waals surface area contributed by atoms with Gasteiger partial charge in [0.25, 0.3) is 0 Å². The zero-order valence-electron chi connectivity index (χ0n) is 20.4. The van der Waals surface area contributed by atoms with Crippen LogP contribution in [0.2, 0.25) is 0 Å². The number of hydrogen-bond donors (Lipinski definition) is 4. The quantitative estimate of drug-likeness (QED) is 0.429. The van der Waals surface area contributed by atoms with Crippen LogP contribution in [-0.2, 0) is 30.3 Å². The maximum atomic E-state index is 13.2. The maximum absolute atomic E-state index is 13.2. The van der Waals surface area contributed by atoms with Crippen LogP contribution in [0.3, 0.4) is 0 Å². The van der Waals surface area contributed by atoms with Crippen LogP contribution < -0.4 is 10.6 Å². The number of carboxylic acids is 1. The van der Waals surface area contributed by atoms with Gasteiger partial charge in [0.2, 0.25) is 5.91 Å².